The van der Waals surface area contributed by atoms with Crippen molar-refractivity contribution >= 4 is 39.1 Å². The van der Waals surface area contributed by atoms with Gasteiger partial charge in [0.15, 0.2) is 0 Å². The number of carbonyl (C=O) groups is 1. The van der Waals surface area contributed by atoms with Crippen molar-refractivity contribution in [1.82, 2.24) is 9.55 Å². The molecule has 0 unspecified atom stereocenters. The van der Waals surface area contributed by atoms with Crippen LogP contribution in [0.3, 0.4) is 0 Å². The van der Waals surface area contributed by atoms with Gasteiger partial charge in [-0.1, -0.05) is 23.7 Å². The van der Waals surface area contributed by atoms with Crippen molar-refractivity contribution in [3.63, 3.8) is 0 Å². The third kappa shape index (κ3) is 3.29. The highest BCUT2D eigenvalue weighted by Crippen LogP contribution is 2.27. The largest absolute Gasteiger partial charge is 0.365 e. The van der Waals surface area contributed by atoms with Gasteiger partial charge in [0.1, 0.15) is 17.3 Å². The topological polar surface area (TPSA) is 78.0 Å². The molecule has 8 heteroatoms. The summed E-state index contributed by atoms with van der Waals surface area (Å²) in [6, 6.07) is 7.18. The Kier molecular flexibility index (Phi) is 4.87. The van der Waals surface area contributed by atoms with E-state index < -0.39 is 12.6 Å². The Labute approximate surface area is 151 Å². The fourth-order valence-corrected chi connectivity index (χ4v) is 4.03. The molecule has 130 valence electrons. The number of nitrogens with zero attached hydrogens (tertiary/aromatic N) is 2. The monoisotopic (exact) mass is 379 g/mol. The van der Waals surface area contributed by atoms with Crippen molar-refractivity contribution in [2.24, 2.45) is 5.73 Å². The number of primary amides is 1. The molecule has 3 aromatic rings. The number of alkyl halides is 1. The highest BCUT2D eigenvalue weighted by atomic mass is 35.5. The van der Waals surface area contributed by atoms with E-state index in [1.807, 2.05) is 6.07 Å². The summed E-state index contributed by atoms with van der Waals surface area (Å²) < 4.78 is 14.3. The van der Waals surface area contributed by atoms with Gasteiger partial charge in [0.05, 0.1) is 16.8 Å². The molecule has 0 radical (unpaired) electrons. The zero-order valence-corrected chi connectivity index (χ0v) is 15.0. The SMILES string of the molecule is Cc1c(C(N)=O)sc2nc(Cc3cccc(Cl)c3)n(CCF)c(=O)c12. The second-order valence-electron chi connectivity index (χ2n) is 5.58. The van der Waals surface area contributed by atoms with Gasteiger partial charge in [-0.3, -0.25) is 14.2 Å². The zero-order valence-electron chi connectivity index (χ0n) is 13.4. The number of hydrogen-bond donors (Lipinski definition) is 1. The highest BCUT2D eigenvalue weighted by molar-refractivity contribution is 7.20. The van der Waals surface area contributed by atoms with Crippen molar-refractivity contribution in [3.05, 3.63) is 61.5 Å². The molecule has 0 fully saturated rings. The standard InChI is InChI=1S/C17H15ClFN3O2S/c1-9-13-16(25-14(9)15(20)23)21-12(22(6-5-19)17(13)24)8-10-3-2-4-11(18)7-10/h2-4,7H,5-6,8H2,1H3,(H2,20,23). The molecule has 25 heavy (non-hydrogen) atoms. The second kappa shape index (κ2) is 6.93. The van der Waals surface area contributed by atoms with Crippen LogP contribution in [-0.2, 0) is 13.0 Å². The average Bonchev–Trinajstić information content (AvgIpc) is 2.88. The number of nitrogens with two attached hydrogens (primary N) is 1. The van der Waals surface area contributed by atoms with Crippen molar-refractivity contribution in [1.29, 1.82) is 0 Å². The molecule has 2 aromatic heterocycles. The van der Waals surface area contributed by atoms with Gasteiger partial charge >= 0.3 is 0 Å². The molecular weight excluding hydrogens is 365 g/mol. The van der Waals surface area contributed by atoms with Crippen LogP contribution in [-0.4, -0.2) is 22.1 Å². The lowest BCUT2D eigenvalue weighted by Gasteiger charge is -2.11. The summed E-state index contributed by atoms with van der Waals surface area (Å²) in [5.74, 6) is -0.178. The number of rotatable bonds is 5. The summed E-state index contributed by atoms with van der Waals surface area (Å²) >= 11 is 7.08. The number of amides is 1. The fourth-order valence-electron chi connectivity index (χ4n) is 2.77. The molecule has 1 aromatic carbocycles. The first kappa shape index (κ1) is 17.6. The van der Waals surface area contributed by atoms with Crippen LogP contribution in [0.1, 0.15) is 26.6 Å². The third-order valence-electron chi connectivity index (χ3n) is 3.91. The zero-order chi connectivity index (χ0) is 18.1. The first-order valence-electron chi connectivity index (χ1n) is 7.55. The van der Waals surface area contributed by atoms with Gasteiger partial charge in [-0.2, -0.15) is 0 Å². The second-order valence-corrected chi connectivity index (χ2v) is 7.02. The Morgan fingerprint density at radius 3 is 2.84 bits per heavy atom. The smallest absolute Gasteiger partial charge is 0.262 e. The van der Waals surface area contributed by atoms with Gasteiger partial charge in [0.25, 0.3) is 11.5 Å². The predicted octanol–water partition coefficient (Wildman–Crippen LogP) is 3.08. The van der Waals surface area contributed by atoms with Crippen LogP contribution in [0.5, 0.6) is 0 Å². The van der Waals surface area contributed by atoms with E-state index in [2.05, 4.69) is 4.98 Å². The maximum Gasteiger partial charge on any atom is 0.262 e. The van der Waals surface area contributed by atoms with E-state index in [0.717, 1.165) is 16.9 Å². The summed E-state index contributed by atoms with van der Waals surface area (Å²) in [5, 5.41) is 0.892. The lowest BCUT2D eigenvalue weighted by Crippen LogP contribution is -2.26. The van der Waals surface area contributed by atoms with E-state index in [0.29, 0.717) is 37.9 Å². The number of thiophene rings is 1. The number of benzene rings is 1. The Hall–Kier alpha value is -2.25. The van der Waals surface area contributed by atoms with Crippen molar-refractivity contribution < 1.29 is 9.18 Å². The van der Waals surface area contributed by atoms with E-state index in [9.17, 15) is 14.0 Å². The Bertz CT molecular complexity index is 1030. The van der Waals surface area contributed by atoms with Crippen LogP contribution < -0.4 is 11.3 Å². The molecule has 0 saturated carbocycles. The molecule has 0 atom stereocenters. The number of fused-ring (bicyclic) bond motifs is 1. The summed E-state index contributed by atoms with van der Waals surface area (Å²) in [6.45, 7) is 0.860. The molecule has 3 rings (SSSR count). The number of hydrogen-bond acceptors (Lipinski definition) is 4. The van der Waals surface area contributed by atoms with Gasteiger partial charge < -0.3 is 5.73 Å². The Morgan fingerprint density at radius 1 is 1.44 bits per heavy atom. The molecule has 2 heterocycles. The van der Waals surface area contributed by atoms with E-state index >= 15 is 0 Å². The summed E-state index contributed by atoms with van der Waals surface area (Å²) in [6.07, 6.45) is 0.328. The van der Waals surface area contributed by atoms with E-state index in [1.54, 1.807) is 25.1 Å². The minimum atomic E-state index is -0.693. The molecule has 0 aliphatic rings. The number of aromatic nitrogens is 2. The molecule has 0 spiro atoms. The lowest BCUT2D eigenvalue weighted by atomic mass is 10.1. The summed E-state index contributed by atoms with van der Waals surface area (Å²) in [4.78, 5) is 29.6. The van der Waals surface area contributed by atoms with E-state index in [-0.39, 0.29) is 12.1 Å². The Morgan fingerprint density at radius 2 is 2.20 bits per heavy atom. The van der Waals surface area contributed by atoms with Crippen molar-refractivity contribution in [2.75, 3.05) is 6.67 Å². The molecule has 0 saturated heterocycles. The molecule has 0 aliphatic heterocycles. The van der Waals surface area contributed by atoms with Gasteiger partial charge in [-0.25, -0.2) is 9.37 Å². The van der Waals surface area contributed by atoms with E-state index in [1.165, 1.54) is 4.57 Å². The van der Waals surface area contributed by atoms with Crippen LogP contribution in [0.4, 0.5) is 4.39 Å². The third-order valence-corrected chi connectivity index (χ3v) is 5.35. The maximum atomic E-state index is 13.0. The van der Waals surface area contributed by atoms with Gasteiger partial charge in [-0.15, -0.1) is 11.3 Å². The van der Waals surface area contributed by atoms with Crippen LogP contribution >= 0.6 is 22.9 Å². The van der Waals surface area contributed by atoms with Crippen LogP contribution in [0.25, 0.3) is 10.2 Å². The number of halogens is 2. The molecule has 0 bridgehead atoms. The van der Waals surface area contributed by atoms with Crippen LogP contribution in [0.2, 0.25) is 5.02 Å². The van der Waals surface area contributed by atoms with Crippen LogP contribution in [0, 0.1) is 6.92 Å². The molecule has 0 aliphatic carbocycles. The van der Waals surface area contributed by atoms with Gasteiger partial charge in [-0.05, 0) is 30.2 Å². The van der Waals surface area contributed by atoms with Gasteiger partial charge in [0.2, 0.25) is 0 Å². The minimum absolute atomic E-state index is 0.0983. The summed E-state index contributed by atoms with van der Waals surface area (Å²) in [5.41, 5.74) is 6.35. The lowest BCUT2D eigenvalue weighted by molar-refractivity contribution is 0.100. The highest BCUT2D eigenvalue weighted by Gasteiger charge is 2.20. The minimum Gasteiger partial charge on any atom is -0.365 e. The molecule has 1 amide bonds. The maximum absolute atomic E-state index is 13.0. The molecule has 5 nitrogen and oxygen atoms in total. The van der Waals surface area contributed by atoms with E-state index in [4.69, 9.17) is 17.3 Å². The fraction of sp³-hybridized carbons (Fsp3) is 0.235. The quantitative estimate of drug-likeness (QED) is 0.740. The first-order valence-corrected chi connectivity index (χ1v) is 8.75. The Balaban J connectivity index is 2.21. The predicted molar refractivity (Wildman–Crippen MR) is 97.4 cm³/mol. The summed E-state index contributed by atoms with van der Waals surface area (Å²) in [7, 11) is 0. The van der Waals surface area contributed by atoms with Crippen molar-refractivity contribution in [3.8, 4) is 0 Å². The molecular formula is C17H15ClFN3O2S. The normalized spacial score (nSPS) is 11.2. The first-order chi connectivity index (χ1) is 11.9. The number of aryl methyl sites for hydroxylation is 1. The number of carbonyl (C=O) groups excluding carboxylic acids is 1. The van der Waals surface area contributed by atoms with Crippen LogP contribution in [0.15, 0.2) is 29.1 Å². The van der Waals surface area contributed by atoms with Crippen molar-refractivity contribution in [2.45, 2.75) is 19.9 Å². The van der Waals surface area contributed by atoms with Gasteiger partial charge in [0, 0.05) is 11.4 Å². The average molecular weight is 380 g/mol. The molecule has 2 N–H and O–H groups in total.